The number of carbonyl (C=O) groups is 2. The molecule has 0 N–H and O–H groups in total. The molecule has 0 aliphatic carbocycles. The Hall–Kier alpha value is -2.29. The van der Waals surface area contributed by atoms with Crippen molar-refractivity contribution < 1.29 is 42.1 Å². The third-order valence-corrected chi connectivity index (χ3v) is 10.3. The van der Waals surface area contributed by atoms with E-state index in [4.69, 9.17) is 18.5 Å². The maximum atomic E-state index is 12.7. The Bertz CT molecular complexity index is 1160. The van der Waals surface area contributed by atoms with Crippen molar-refractivity contribution in [1.29, 1.82) is 0 Å². The topological polar surface area (TPSA) is 111 Å². The molecule has 0 bridgehead atoms. The van der Waals surface area contributed by atoms with Gasteiger partial charge in [-0.25, -0.2) is 0 Å². The van der Waals surface area contributed by atoms with E-state index in [1.54, 1.807) is 0 Å². The Morgan fingerprint density at radius 2 is 1.00 bits per heavy atom. The molecule has 0 aromatic heterocycles. The number of carbonyl (C=O) groups excluding carboxylic acids is 2. The number of rotatable bonds is 40. The predicted molar refractivity (Wildman–Crippen MR) is 236 cm³/mol. The summed E-state index contributed by atoms with van der Waals surface area (Å²) in [7, 11) is 1.15. The summed E-state index contributed by atoms with van der Waals surface area (Å²) in [5.41, 5.74) is 0. The van der Waals surface area contributed by atoms with Gasteiger partial charge in [-0.05, 0) is 57.8 Å². The minimum Gasteiger partial charge on any atom is -0.756 e. The fraction of sp³-hybridized carbons (Fsp3) is 0.745. The van der Waals surface area contributed by atoms with Crippen LogP contribution in [0.1, 0.15) is 174 Å². The van der Waals surface area contributed by atoms with E-state index in [1.165, 1.54) is 64.2 Å². The molecule has 0 spiro atoms. The summed E-state index contributed by atoms with van der Waals surface area (Å²) in [5.74, 6) is -0.848. The quantitative estimate of drug-likeness (QED) is 0.0197. The van der Waals surface area contributed by atoms with Crippen LogP contribution in [0.3, 0.4) is 0 Å². The van der Waals surface area contributed by atoms with Crippen LogP contribution in [0, 0.1) is 0 Å². The van der Waals surface area contributed by atoms with Crippen LogP contribution in [0.5, 0.6) is 0 Å². The summed E-state index contributed by atoms with van der Waals surface area (Å²) < 4.78 is 33.8. The number of phosphoric ester groups is 1. The second-order valence-electron chi connectivity index (χ2n) is 16.0. The van der Waals surface area contributed by atoms with Crippen LogP contribution in [0.25, 0.3) is 0 Å². The van der Waals surface area contributed by atoms with E-state index in [9.17, 15) is 19.0 Å². The molecule has 0 rings (SSSR count). The highest BCUT2D eigenvalue weighted by Gasteiger charge is 2.21. The fourth-order valence-electron chi connectivity index (χ4n) is 5.80. The van der Waals surface area contributed by atoms with Crippen molar-refractivity contribution in [2.24, 2.45) is 0 Å². The molecule has 2 unspecified atom stereocenters. The number of esters is 2. The maximum absolute atomic E-state index is 12.7. The van der Waals surface area contributed by atoms with E-state index in [-0.39, 0.29) is 26.1 Å². The molecule has 330 valence electrons. The monoisotopic (exact) mass is 822 g/mol. The molecule has 0 radical (unpaired) electrons. The highest BCUT2D eigenvalue weighted by Crippen LogP contribution is 2.38. The number of ether oxygens (including phenoxy) is 2. The lowest BCUT2D eigenvalue weighted by Gasteiger charge is -2.28. The van der Waals surface area contributed by atoms with Crippen LogP contribution in [0.2, 0.25) is 0 Å². The second kappa shape index (κ2) is 39.2. The first-order valence-electron chi connectivity index (χ1n) is 22.5. The lowest BCUT2D eigenvalue weighted by Crippen LogP contribution is -2.37. The van der Waals surface area contributed by atoms with Crippen LogP contribution in [0.4, 0.5) is 0 Å². The van der Waals surface area contributed by atoms with Gasteiger partial charge in [0.05, 0.1) is 27.7 Å². The Morgan fingerprint density at radius 1 is 0.561 bits per heavy atom. The van der Waals surface area contributed by atoms with Gasteiger partial charge in [0.15, 0.2) is 6.10 Å². The van der Waals surface area contributed by atoms with Gasteiger partial charge in [0.2, 0.25) is 0 Å². The van der Waals surface area contributed by atoms with Crippen LogP contribution < -0.4 is 4.89 Å². The number of unbranched alkanes of at least 4 members (excludes halogenated alkanes) is 16. The van der Waals surface area contributed by atoms with Crippen molar-refractivity contribution in [3.8, 4) is 0 Å². The highest BCUT2D eigenvalue weighted by atomic mass is 31.2. The summed E-state index contributed by atoms with van der Waals surface area (Å²) >= 11 is 0. The van der Waals surface area contributed by atoms with Crippen LogP contribution in [0.15, 0.2) is 60.8 Å². The van der Waals surface area contributed by atoms with Crippen molar-refractivity contribution in [1.82, 2.24) is 0 Å². The number of quaternary nitrogens is 1. The first-order valence-corrected chi connectivity index (χ1v) is 24.0. The molecule has 0 aromatic rings. The summed E-state index contributed by atoms with van der Waals surface area (Å²) in [5, 5.41) is 0. The Morgan fingerprint density at radius 3 is 1.49 bits per heavy atom. The SMILES string of the molecule is CC/C=C\C/C=C\C/C=C\C/C=C\C/C=C\CCCCCCCCCCCC(=O)OC(COC(=O)CCCCCCCCCC)COP(=O)([O-])OCC[N+](C)(C)C. The first kappa shape index (κ1) is 54.7. The summed E-state index contributed by atoms with van der Waals surface area (Å²) in [6, 6.07) is 0. The maximum Gasteiger partial charge on any atom is 0.306 e. The smallest absolute Gasteiger partial charge is 0.306 e. The molecule has 2 atom stereocenters. The van der Waals surface area contributed by atoms with E-state index in [0.29, 0.717) is 17.4 Å². The molecule has 0 heterocycles. The highest BCUT2D eigenvalue weighted by molar-refractivity contribution is 7.45. The number of likely N-dealkylation sites (N-methyl/N-ethyl adjacent to an activating group) is 1. The largest absolute Gasteiger partial charge is 0.756 e. The van der Waals surface area contributed by atoms with Crippen molar-refractivity contribution in [3.05, 3.63) is 60.8 Å². The van der Waals surface area contributed by atoms with Crippen LogP contribution in [-0.4, -0.2) is 70.0 Å². The van der Waals surface area contributed by atoms with Gasteiger partial charge in [0.25, 0.3) is 7.82 Å². The number of hydrogen-bond acceptors (Lipinski definition) is 8. The van der Waals surface area contributed by atoms with Gasteiger partial charge in [-0.2, -0.15) is 0 Å². The number of allylic oxidation sites excluding steroid dienone is 10. The molecule has 0 saturated heterocycles. The Labute approximate surface area is 349 Å². The van der Waals surface area contributed by atoms with E-state index < -0.39 is 32.5 Å². The molecule has 9 nitrogen and oxygen atoms in total. The number of nitrogens with zero attached hydrogens (tertiary/aromatic N) is 1. The van der Waals surface area contributed by atoms with Gasteiger partial charge < -0.3 is 27.9 Å². The van der Waals surface area contributed by atoms with E-state index in [1.807, 2.05) is 21.1 Å². The zero-order valence-corrected chi connectivity index (χ0v) is 37.9. The molecule has 0 aromatic carbocycles. The zero-order chi connectivity index (χ0) is 42.1. The molecule has 0 aliphatic rings. The van der Waals surface area contributed by atoms with Crippen molar-refractivity contribution in [3.63, 3.8) is 0 Å². The van der Waals surface area contributed by atoms with Crippen LogP contribution >= 0.6 is 7.82 Å². The van der Waals surface area contributed by atoms with E-state index in [2.05, 4.69) is 74.6 Å². The van der Waals surface area contributed by atoms with Crippen molar-refractivity contribution >= 4 is 19.8 Å². The predicted octanol–water partition coefficient (Wildman–Crippen LogP) is 12.2. The molecular weight excluding hydrogens is 737 g/mol. The van der Waals surface area contributed by atoms with E-state index >= 15 is 0 Å². The molecule has 0 amide bonds. The molecule has 0 fully saturated rings. The zero-order valence-electron chi connectivity index (χ0n) is 37.0. The Balaban J connectivity index is 4.21. The summed E-state index contributed by atoms with van der Waals surface area (Å²) in [4.78, 5) is 37.4. The minimum atomic E-state index is -4.62. The summed E-state index contributed by atoms with van der Waals surface area (Å²) in [6.07, 6.45) is 46.9. The van der Waals surface area contributed by atoms with Gasteiger partial charge >= 0.3 is 11.9 Å². The third kappa shape index (κ3) is 43.1. The van der Waals surface area contributed by atoms with Crippen molar-refractivity contribution in [2.45, 2.75) is 180 Å². The second-order valence-corrected chi connectivity index (χ2v) is 17.4. The van der Waals surface area contributed by atoms with Gasteiger partial charge in [-0.15, -0.1) is 0 Å². The molecule has 0 aliphatic heterocycles. The van der Waals surface area contributed by atoms with Gasteiger partial charge in [-0.3, -0.25) is 14.2 Å². The van der Waals surface area contributed by atoms with E-state index in [0.717, 1.165) is 77.0 Å². The number of hydrogen-bond donors (Lipinski definition) is 0. The molecule has 0 saturated carbocycles. The third-order valence-electron chi connectivity index (χ3n) is 9.30. The first-order chi connectivity index (χ1) is 27.5. The molecule has 10 heteroatoms. The summed E-state index contributed by atoms with van der Waals surface area (Å²) in [6.45, 7) is 4.06. The average molecular weight is 822 g/mol. The van der Waals surface area contributed by atoms with Gasteiger partial charge in [0, 0.05) is 12.8 Å². The van der Waals surface area contributed by atoms with Crippen molar-refractivity contribution in [2.75, 3.05) is 47.5 Å². The minimum absolute atomic E-state index is 0.0336. The van der Waals surface area contributed by atoms with Gasteiger partial charge in [0.1, 0.15) is 19.8 Å². The van der Waals surface area contributed by atoms with Gasteiger partial charge in [-0.1, -0.05) is 164 Å². The lowest BCUT2D eigenvalue weighted by molar-refractivity contribution is -0.870. The lowest BCUT2D eigenvalue weighted by atomic mass is 10.1. The normalized spacial score (nSPS) is 14.1. The molecular formula is C47H84NO8P. The van der Waals surface area contributed by atoms with Crippen LogP contribution in [-0.2, 0) is 32.7 Å². The Kier molecular flexibility index (Phi) is 37.6. The number of phosphoric acid groups is 1. The fourth-order valence-corrected chi connectivity index (χ4v) is 6.53. The molecule has 57 heavy (non-hydrogen) atoms. The average Bonchev–Trinajstić information content (AvgIpc) is 3.16. The standard InChI is InChI=1S/C47H84NO8P/c1-6-8-10-12-14-16-17-18-19-20-21-22-23-24-25-26-27-28-29-30-31-32-34-36-38-40-47(50)56-45(44-55-57(51,52)54-42-41-48(3,4)5)43-53-46(49)39-37-35-33-15-13-11-9-7-2/h8,10,14,16,18-19,21-22,24-25,45H,6-7,9,11-13,15,17,20,23,26-44H2,1-5H3/b10-8-,16-14-,19-18-,22-21-,25-24-.